The highest BCUT2D eigenvalue weighted by Gasteiger charge is 2.27. The first-order chi connectivity index (χ1) is 8.81. The van der Waals surface area contributed by atoms with Gasteiger partial charge in [0.05, 0.1) is 19.3 Å². The van der Waals surface area contributed by atoms with Gasteiger partial charge in [0.2, 0.25) is 0 Å². The summed E-state index contributed by atoms with van der Waals surface area (Å²) in [7, 11) is 0. The van der Waals surface area contributed by atoms with Crippen LogP contribution in [0.2, 0.25) is 0 Å². The average Bonchev–Trinajstić information content (AvgIpc) is 3.12. The van der Waals surface area contributed by atoms with Crippen molar-refractivity contribution in [3.8, 4) is 0 Å². The number of benzene rings is 1. The second-order valence-corrected chi connectivity index (χ2v) is 5.93. The summed E-state index contributed by atoms with van der Waals surface area (Å²) in [5.41, 5.74) is 1.23. The predicted molar refractivity (Wildman–Crippen MR) is 73.6 cm³/mol. The molecule has 0 aromatic heterocycles. The van der Waals surface area contributed by atoms with Gasteiger partial charge in [-0.3, -0.25) is 0 Å². The van der Waals surface area contributed by atoms with Crippen LogP contribution in [0.5, 0.6) is 0 Å². The molecule has 2 fully saturated rings. The second-order valence-electron chi connectivity index (χ2n) is 5.02. The highest BCUT2D eigenvalue weighted by atomic mass is 79.9. The summed E-state index contributed by atoms with van der Waals surface area (Å²) >= 11 is 3.47. The normalized spacial score (nSPS) is 21.6. The minimum absolute atomic E-state index is 0.132. The molecule has 0 spiro atoms. The maximum Gasteiger partial charge on any atom is 0.105 e. The summed E-state index contributed by atoms with van der Waals surface area (Å²) in [6, 6.07) is 9.11. The van der Waals surface area contributed by atoms with Gasteiger partial charge in [-0.2, -0.15) is 0 Å². The summed E-state index contributed by atoms with van der Waals surface area (Å²) < 4.78 is 12.4. The van der Waals surface area contributed by atoms with E-state index in [0.29, 0.717) is 6.04 Å². The van der Waals surface area contributed by atoms with Crippen molar-refractivity contribution in [1.29, 1.82) is 0 Å². The van der Waals surface area contributed by atoms with Crippen molar-refractivity contribution in [3.05, 3.63) is 34.3 Å². The Bertz CT molecular complexity index is 387. The molecule has 18 heavy (non-hydrogen) atoms. The topological polar surface area (TPSA) is 30.5 Å². The lowest BCUT2D eigenvalue weighted by Crippen LogP contribution is -2.39. The number of nitrogens with one attached hydrogen (secondary N) is 1. The van der Waals surface area contributed by atoms with E-state index in [-0.39, 0.29) is 12.2 Å². The van der Waals surface area contributed by atoms with Crippen molar-refractivity contribution >= 4 is 15.9 Å². The van der Waals surface area contributed by atoms with Crippen LogP contribution in [0.1, 0.15) is 24.5 Å². The maximum absolute atomic E-state index is 6.09. The molecular formula is C14H18BrNO2. The molecule has 1 atom stereocenters. The summed E-state index contributed by atoms with van der Waals surface area (Å²) in [5.74, 6) is 0. The maximum atomic E-state index is 6.09. The van der Waals surface area contributed by atoms with E-state index in [9.17, 15) is 0 Å². The zero-order valence-electron chi connectivity index (χ0n) is 10.3. The van der Waals surface area contributed by atoms with Crippen molar-refractivity contribution < 1.29 is 9.47 Å². The molecule has 3 rings (SSSR count). The van der Waals surface area contributed by atoms with Crippen LogP contribution in [0, 0.1) is 0 Å². The van der Waals surface area contributed by atoms with Gasteiger partial charge in [-0.25, -0.2) is 0 Å². The molecule has 1 aliphatic carbocycles. The first-order valence-corrected chi connectivity index (χ1v) is 7.32. The third kappa shape index (κ3) is 3.32. The predicted octanol–water partition coefficient (Wildman–Crippen LogP) is 2.66. The van der Waals surface area contributed by atoms with Crippen LogP contribution in [-0.4, -0.2) is 31.9 Å². The molecular weight excluding hydrogens is 294 g/mol. The molecule has 1 saturated carbocycles. The van der Waals surface area contributed by atoms with Crippen LogP contribution in [0.4, 0.5) is 0 Å². The molecule has 0 bridgehead atoms. The van der Waals surface area contributed by atoms with Gasteiger partial charge in [0, 0.05) is 17.1 Å². The van der Waals surface area contributed by atoms with E-state index in [2.05, 4.69) is 45.5 Å². The van der Waals surface area contributed by atoms with Gasteiger partial charge in [-0.05, 0) is 30.5 Å². The summed E-state index contributed by atoms with van der Waals surface area (Å²) in [5, 5.41) is 3.55. The van der Waals surface area contributed by atoms with Gasteiger partial charge in [0.25, 0.3) is 0 Å². The van der Waals surface area contributed by atoms with Crippen LogP contribution in [0.15, 0.2) is 28.7 Å². The molecule has 1 heterocycles. The minimum atomic E-state index is 0.132. The van der Waals surface area contributed by atoms with E-state index in [1.807, 2.05) is 0 Å². The third-order valence-electron chi connectivity index (χ3n) is 3.38. The molecule has 0 radical (unpaired) electrons. The van der Waals surface area contributed by atoms with Crippen LogP contribution in [0.25, 0.3) is 0 Å². The fraction of sp³-hybridized carbons (Fsp3) is 0.571. The van der Waals surface area contributed by atoms with E-state index < -0.39 is 0 Å². The molecule has 3 nitrogen and oxygen atoms in total. The average molecular weight is 312 g/mol. The SMILES string of the molecule is Brc1ccc(C(CNC2CC2)OC2COC2)cc1. The highest BCUT2D eigenvalue weighted by Crippen LogP contribution is 2.25. The van der Waals surface area contributed by atoms with Crippen LogP contribution >= 0.6 is 15.9 Å². The van der Waals surface area contributed by atoms with Gasteiger partial charge >= 0.3 is 0 Å². The number of hydrogen-bond donors (Lipinski definition) is 1. The fourth-order valence-corrected chi connectivity index (χ4v) is 2.27. The zero-order valence-corrected chi connectivity index (χ0v) is 11.9. The molecule has 1 aliphatic heterocycles. The van der Waals surface area contributed by atoms with Crippen LogP contribution in [-0.2, 0) is 9.47 Å². The zero-order chi connectivity index (χ0) is 12.4. The van der Waals surface area contributed by atoms with Crippen molar-refractivity contribution in [2.75, 3.05) is 19.8 Å². The van der Waals surface area contributed by atoms with E-state index in [1.165, 1.54) is 18.4 Å². The third-order valence-corrected chi connectivity index (χ3v) is 3.90. The first-order valence-electron chi connectivity index (χ1n) is 6.53. The lowest BCUT2D eigenvalue weighted by atomic mass is 10.1. The largest absolute Gasteiger partial charge is 0.376 e. The Hall–Kier alpha value is -0.420. The Balaban J connectivity index is 1.63. The molecule has 1 aromatic rings. The number of hydrogen-bond acceptors (Lipinski definition) is 3. The molecule has 1 aromatic carbocycles. The van der Waals surface area contributed by atoms with Crippen molar-refractivity contribution in [2.45, 2.75) is 31.1 Å². The molecule has 98 valence electrons. The Morgan fingerprint density at radius 2 is 2.00 bits per heavy atom. The Morgan fingerprint density at radius 1 is 1.28 bits per heavy atom. The number of rotatable bonds is 6. The van der Waals surface area contributed by atoms with E-state index >= 15 is 0 Å². The second kappa shape index (κ2) is 5.70. The van der Waals surface area contributed by atoms with Gasteiger partial charge in [0.1, 0.15) is 6.10 Å². The van der Waals surface area contributed by atoms with E-state index in [1.54, 1.807) is 0 Å². The van der Waals surface area contributed by atoms with Crippen LogP contribution in [0.3, 0.4) is 0 Å². The lowest BCUT2D eigenvalue weighted by molar-refractivity contribution is -0.155. The molecule has 1 N–H and O–H groups in total. The molecule has 4 heteroatoms. The monoisotopic (exact) mass is 311 g/mol. The summed E-state index contributed by atoms with van der Waals surface area (Å²) in [6.07, 6.45) is 3.01. The Labute approximate surface area is 116 Å². The van der Waals surface area contributed by atoms with Crippen molar-refractivity contribution in [1.82, 2.24) is 5.32 Å². The van der Waals surface area contributed by atoms with Gasteiger partial charge in [0.15, 0.2) is 0 Å². The van der Waals surface area contributed by atoms with E-state index in [4.69, 9.17) is 9.47 Å². The standard InChI is InChI=1S/C14H18BrNO2/c15-11-3-1-10(2-4-11)14(7-16-12-5-6-12)18-13-8-17-9-13/h1-4,12-14,16H,5-9H2. The first kappa shape index (κ1) is 12.6. The van der Waals surface area contributed by atoms with Crippen LogP contribution < -0.4 is 5.32 Å². The highest BCUT2D eigenvalue weighted by molar-refractivity contribution is 9.10. The Morgan fingerprint density at radius 3 is 2.56 bits per heavy atom. The smallest absolute Gasteiger partial charge is 0.105 e. The quantitative estimate of drug-likeness (QED) is 0.876. The molecule has 0 amide bonds. The molecule has 1 saturated heterocycles. The van der Waals surface area contributed by atoms with Gasteiger partial charge in [-0.15, -0.1) is 0 Å². The van der Waals surface area contributed by atoms with Crippen molar-refractivity contribution in [3.63, 3.8) is 0 Å². The van der Waals surface area contributed by atoms with Crippen molar-refractivity contribution in [2.24, 2.45) is 0 Å². The lowest BCUT2D eigenvalue weighted by Gasteiger charge is -2.31. The number of ether oxygens (including phenoxy) is 2. The minimum Gasteiger partial charge on any atom is -0.376 e. The Kier molecular flexibility index (Phi) is 3.99. The number of halogens is 1. The fourth-order valence-electron chi connectivity index (χ4n) is 2.01. The molecule has 1 unspecified atom stereocenters. The summed E-state index contributed by atoms with van der Waals surface area (Å²) in [4.78, 5) is 0. The van der Waals surface area contributed by atoms with E-state index in [0.717, 1.165) is 24.2 Å². The van der Waals surface area contributed by atoms with Gasteiger partial charge in [-0.1, -0.05) is 28.1 Å². The molecule has 2 aliphatic rings. The summed E-state index contributed by atoms with van der Waals surface area (Å²) in [6.45, 7) is 2.36. The van der Waals surface area contributed by atoms with Gasteiger partial charge < -0.3 is 14.8 Å².